The standard InChI is InChI=1S/C8H9F7O2/c1-4(5(16)17-2)3-6(9,10)7(11,12)8(13,14)15/h4H,3H2,1-2H3. The van der Waals surface area contributed by atoms with Gasteiger partial charge in [0, 0.05) is 6.42 Å². The second kappa shape index (κ2) is 4.69. The normalized spacial score (nSPS) is 15.6. The molecule has 102 valence electrons. The number of halogens is 7. The third kappa shape index (κ3) is 3.22. The number of ether oxygens (including phenoxy) is 1. The van der Waals surface area contributed by atoms with Gasteiger partial charge in [-0.3, -0.25) is 4.79 Å². The molecule has 0 aliphatic rings. The van der Waals surface area contributed by atoms with E-state index in [0.29, 0.717) is 0 Å². The number of carbonyl (C=O) groups is 1. The summed E-state index contributed by atoms with van der Waals surface area (Å²) in [5.41, 5.74) is 0. The van der Waals surface area contributed by atoms with Crippen LogP contribution >= 0.6 is 0 Å². The summed E-state index contributed by atoms with van der Waals surface area (Å²) in [4.78, 5) is 10.7. The van der Waals surface area contributed by atoms with E-state index in [1.165, 1.54) is 0 Å². The van der Waals surface area contributed by atoms with E-state index >= 15 is 0 Å². The highest BCUT2D eigenvalue weighted by atomic mass is 19.4. The molecule has 1 atom stereocenters. The number of alkyl halides is 7. The second-order valence-corrected chi connectivity index (χ2v) is 3.40. The molecule has 0 aliphatic heterocycles. The van der Waals surface area contributed by atoms with Crippen LogP contribution in [0.3, 0.4) is 0 Å². The minimum absolute atomic E-state index is 0.770. The van der Waals surface area contributed by atoms with Gasteiger partial charge in [0.05, 0.1) is 13.0 Å². The molecule has 2 nitrogen and oxygen atoms in total. The fourth-order valence-corrected chi connectivity index (χ4v) is 1.00. The Bertz CT molecular complexity index is 284. The average Bonchev–Trinajstić information content (AvgIpc) is 2.13. The molecule has 0 saturated carbocycles. The number of carbonyl (C=O) groups excluding carboxylic acids is 1. The van der Waals surface area contributed by atoms with Crippen LogP contribution in [0.15, 0.2) is 0 Å². The fraction of sp³-hybridized carbons (Fsp3) is 0.875. The first-order chi connectivity index (χ1) is 7.37. The number of hydrogen-bond donors (Lipinski definition) is 0. The van der Waals surface area contributed by atoms with E-state index in [2.05, 4.69) is 4.74 Å². The van der Waals surface area contributed by atoms with Crippen molar-refractivity contribution in [3.63, 3.8) is 0 Å². The van der Waals surface area contributed by atoms with Crippen molar-refractivity contribution < 1.29 is 40.3 Å². The van der Waals surface area contributed by atoms with Crippen molar-refractivity contribution in [2.45, 2.75) is 31.4 Å². The number of esters is 1. The summed E-state index contributed by atoms with van der Waals surface area (Å²) in [7, 11) is 0.804. The Morgan fingerprint density at radius 2 is 1.53 bits per heavy atom. The molecule has 0 fully saturated rings. The Kier molecular flexibility index (Phi) is 4.41. The van der Waals surface area contributed by atoms with Gasteiger partial charge in [-0.25, -0.2) is 0 Å². The SMILES string of the molecule is COC(=O)C(C)CC(F)(F)C(F)(F)C(F)(F)F. The first kappa shape index (κ1) is 16.0. The molecular weight excluding hydrogens is 261 g/mol. The topological polar surface area (TPSA) is 26.3 Å². The minimum Gasteiger partial charge on any atom is -0.469 e. The largest absolute Gasteiger partial charge is 0.469 e. The Hall–Kier alpha value is -1.02. The summed E-state index contributed by atoms with van der Waals surface area (Å²) in [6, 6.07) is 0. The van der Waals surface area contributed by atoms with Crippen molar-refractivity contribution in [3.8, 4) is 0 Å². The van der Waals surface area contributed by atoms with Crippen molar-refractivity contribution in [2.24, 2.45) is 5.92 Å². The van der Waals surface area contributed by atoms with E-state index in [4.69, 9.17) is 0 Å². The van der Waals surface area contributed by atoms with Crippen LogP contribution in [-0.2, 0) is 9.53 Å². The van der Waals surface area contributed by atoms with E-state index in [1.54, 1.807) is 0 Å². The summed E-state index contributed by atoms with van der Waals surface area (Å²) < 4.78 is 89.5. The monoisotopic (exact) mass is 270 g/mol. The summed E-state index contributed by atoms with van der Waals surface area (Å²) in [6.07, 6.45) is -8.33. The lowest BCUT2D eigenvalue weighted by molar-refractivity contribution is -0.357. The van der Waals surface area contributed by atoms with Crippen molar-refractivity contribution in [1.82, 2.24) is 0 Å². The molecule has 9 heteroatoms. The lowest BCUT2D eigenvalue weighted by Gasteiger charge is -2.29. The van der Waals surface area contributed by atoms with E-state index < -0.39 is 36.3 Å². The van der Waals surface area contributed by atoms with E-state index in [-0.39, 0.29) is 0 Å². The van der Waals surface area contributed by atoms with Crippen LogP contribution in [-0.4, -0.2) is 31.1 Å². The Morgan fingerprint density at radius 3 is 1.82 bits per heavy atom. The highest BCUT2D eigenvalue weighted by Gasteiger charge is 2.72. The molecule has 1 unspecified atom stereocenters. The van der Waals surface area contributed by atoms with Gasteiger partial charge in [-0.05, 0) is 0 Å². The third-order valence-electron chi connectivity index (χ3n) is 1.98. The average molecular weight is 270 g/mol. The van der Waals surface area contributed by atoms with Gasteiger partial charge in [0.1, 0.15) is 0 Å². The lowest BCUT2D eigenvalue weighted by atomic mass is 9.98. The van der Waals surface area contributed by atoms with E-state index in [1.807, 2.05) is 0 Å². The molecule has 0 aromatic rings. The van der Waals surface area contributed by atoms with Gasteiger partial charge in [0.15, 0.2) is 0 Å². The molecule has 0 heterocycles. The van der Waals surface area contributed by atoms with Gasteiger partial charge in [-0.2, -0.15) is 30.7 Å². The molecular formula is C8H9F7O2. The Labute approximate surface area is 91.7 Å². The quantitative estimate of drug-likeness (QED) is 0.579. The summed E-state index contributed by atoms with van der Waals surface area (Å²) in [5.74, 6) is -14.6. The van der Waals surface area contributed by atoms with Crippen LogP contribution < -0.4 is 0 Å². The van der Waals surface area contributed by atoms with E-state index in [0.717, 1.165) is 14.0 Å². The van der Waals surface area contributed by atoms with Gasteiger partial charge in [-0.15, -0.1) is 0 Å². The summed E-state index contributed by atoms with van der Waals surface area (Å²) in [6.45, 7) is 0.770. The van der Waals surface area contributed by atoms with Gasteiger partial charge in [-0.1, -0.05) is 6.92 Å². The van der Waals surface area contributed by atoms with Gasteiger partial charge in [0.2, 0.25) is 0 Å². The van der Waals surface area contributed by atoms with Crippen LogP contribution in [0.4, 0.5) is 30.7 Å². The predicted molar refractivity (Wildman–Crippen MR) is 41.7 cm³/mol. The molecule has 0 rings (SSSR count). The maximum absolute atomic E-state index is 12.8. The lowest BCUT2D eigenvalue weighted by Crippen LogP contribution is -2.52. The molecule has 0 aromatic carbocycles. The first-order valence-electron chi connectivity index (χ1n) is 4.27. The molecule has 0 bridgehead atoms. The molecule has 0 amide bonds. The van der Waals surface area contributed by atoms with Crippen molar-refractivity contribution in [2.75, 3.05) is 7.11 Å². The number of hydrogen-bond acceptors (Lipinski definition) is 2. The van der Waals surface area contributed by atoms with Crippen LogP contribution in [0.2, 0.25) is 0 Å². The predicted octanol–water partition coefficient (Wildman–Crippen LogP) is 3.02. The second-order valence-electron chi connectivity index (χ2n) is 3.40. The molecule has 0 saturated heterocycles. The van der Waals surface area contributed by atoms with Crippen LogP contribution in [0.5, 0.6) is 0 Å². The van der Waals surface area contributed by atoms with Crippen molar-refractivity contribution >= 4 is 5.97 Å². The van der Waals surface area contributed by atoms with Gasteiger partial charge >= 0.3 is 24.0 Å². The third-order valence-corrected chi connectivity index (χ3v) is 1.98. The fourth-order valence-electron chi connectivity index (χ4n) is 1.00. The highest BCUT2D eigenvalue weighted by molar-refractivity contribution is 5.71. The zero-order chi connectivity index (χ0) is 14.1. The van der Waals surface area contributed by atoms with E-state index in [9.17, 15) is 35.5 Å². The molecule has 0 aromatic heterocycles. The number of rotatable bonds is 4. The molecule has 0 aliphatic carbocycles. The van der Waals surface area contributed by atoms with Gasteiger partial charge in [0.25, 0.3) is 0 Å². The zero-order valence-electron chi connectivity index (χ0n) is 8.75. The Morgan fingerprint density at radius 1 is 1.12 bits per heavy atom. The van der Waals surface area contributed by atoms with Crippen molar-refractivity contribution in [3.05, 3.63) is 0 Å². The molecule has 17 heavy (non-hydrogen) atoms. The first-order valence-corrected chi connectivity index (χ1v) is 4.27. The summed E-state index contributed by atoms with van der Waals surface area (Å²) >= 11 is 0. The van der Waals surface area contributed by atoms with Crippen LogP contribution in [0.1, 0.15) is 13.3 Å². The molecule has 0 radical (unpaired) electrons. The van der Waals surface area contributed by atoms with Crippen LogP contribution in [0.25, 0.3) is 0 Å². The maximum Gasteiger partial charge on any atom is 0.459 e. The minimum atomic E-state index is -6.38. The molecule has 0 N–H and O–H groups in total. The Balaban J connectivity index is 4.97. The van der Waals surface area contributed by atoms with Crippen LogP contribution in [0, 0.1) is 5.92 Å². The smallest absolute Gasteiger partial charge is 0.459 e. The number of methoxy groups -OCH3 is 1. The highest BCUT2D eigenvalue weighted by Crippen LogP contribution is 2.49. The maximum atomic E-state index is 12.8. The zero-order valence-corrected chi connectivity index (χ0v) is 8.75. The summed E-state index contributed by atoms with van der Waals surface area (Å²) in [5, 5.41) is 0. The molecule has 0 spiro atoms. The van der Waals surface area contributed by atoms with Gasteiger partial charge < -0.3 is 4.74 Å². The van der Waals surface area contributed by atoms with Crippen molar-refractivity contribution in [1.29, 1.82) is 0 Å².